The first kappa shape index (κ1) is 28.9. The third kappa shape index (κ3) is 7.92. The van der Waals surface area contributed by atoms with Crippen LogP contribution in [0.3, 0.4) is 0 Å². The standard InChI is InChI=1S/C30H37N3O4S/c1-5-24(3)31-30(35)28(20-25-15-8-6-9-16-25)32(21-26-17-13-12-14-23(26)2)29(34)22-33(38(4,36)37)27-18-10-7-11-19-27/h6-19,24,28H,5,20-22H2,1-4H3,(H,31,35)/t24-,28+/m0/s1. The molecule has 38 heavy (non-hydrogen) atoms. The number of sulfonamides is 1. The summed E-state index contributed by atoms with van der Waals surface area (Å²) >= 11 is 0. The molecule has 0 saturated heterocycles. The number of anilines is 1. The molecule has 0 aromatic heterocycles. The second-order valence-corrected chi connectivity index (χ2v) is 11.5. The Morgan fingerprint density at radius 3 is 2.05 bits per heavy atom. The highest BCUT2D eigenvalue weighted by atomic mass is 32.2. The predicted octanol–water partition coefficient (Wildman–Crippen LogP) is 4.32. The molecule has 0 aliphatic rings. The van der Waals surface area contributed by atoms with Crippen LogP contribution in [-0.4, -0.2) is 50.0 Å². The zero-order chi connectivity index (χ0) is 27.7. The SMILES string of the molecule is CC[C@H](C)NC(=O)[C@@H](Cc1ccccc1)N(Cc1ccccc1C)C(=O)CN(c1ccccc1)S(C)(=O)=O. The van der Waals surface area contributed by atoms with Crippen LogP contribution in [-0.2, 0) is 32.6 Å². The van der Waals surface area contributed by atoms with Crippen LogP contribution in [0.2, 0.25) is 0 Å². The molecule has 0 saturated carbocycles. The summed E-state index contributed by atoms with van der Waals surface area (Å²) in [6, 6.07) is 24.8. The van der Waals surface area contributed by atoms with Crippen LogP contribution in [0, 0.1) is 6.92 Å². The molecule has 0 heterocycles. The number of rotatable bonds is 12. The van der Waals surface area contributed by atoms with Crippen molar-refractivity contribution in [2.45, 2.75) is 52.2 Å². The first-order chi connectivity index (χ1) is 18.1. The van der Waals surface area contributed by atoms with Crippen molar-refractivity contribution in [3.05, 3.63) is 102 Å². The molecule has 0 unspecified atom stereocenters. The number of carbonyl (C=O) groups is 2. The fraction of sp³-hybridized carbons (Fsp3) is 0.333. The van der Waals surface area contributed by atoms with Gasteiger partial charge in [0.25, 0.3) is 0 Å². The van der Waals surface area contributed by atoms with E-state index in [1.807, 2.05) is 75.4 Å². The number of amides is 2. The molecule has 3 rings (SSSR count). The van der Waals surface area contributed by atoms with E-state index in [-0.39, 0.29) is 18.5 Å². The van der Waals surface area contributed by atoms with E-state index in [0.717, 1.165) is 33.7 Å². The van der Waals surface area contributed by atoms with Crippen molar-refractivity contribution in [2.24, 2.45) is 0 Å². The molecule has 0 spiro atoms. The van der Waals surface area contributed by atoms with Crippen molar-refractivity contribution < 1.29 is 18.0 Å². The predicted molar refractivity (Wildman–Crippen MR) is 152 cm³/mol. The highest BCUT2D eigenvalue weighted by Gasteiger charge is 2.33. The Morgan fingerprint density at radius 2 is 1.47 bits per heavy atom. The molecule has 2 amide bonds. The van der Waals surface area contributed by atoms with E-state index in [9.17, 15) is 18.0 Å². The number of nitrogens with one attached hydrogen (secondary N) is 1. The second-order valence-electron chi connectivity index (χ2n) is 9.58. The zero-order valence-electron chi connectivity index (χ0n) is 22.5. The molecule has 8 heteroatoms. The summed E-state index contributed by atoms with van der Waals surface area (Å²) in [5, 5.41) is 3.04. The van der Waals surface area contributed by atoms with Crippen LogP contribution in [0.4, 0.5) is 5.69 Å². The summed E-state index contributed by atoms with van der Waals surface area (Å²) in [5.41, 5.74) is 3.17. The molecule has 7 nitrogen and oxygen atoms in total. The number of para-hydroxylation sites is 1. The topological polar surface area (TPSA) is 86.8 Å². The van der Waals surface area contributed by atoms with Gasteiger partial charge in [0, 0.05) is 19.0 Å². The van der Waals surface area contributed by atoms with E-state index >= 15 is 0 Å². The summed E-state index contributed by atoms with van der Waals surface area (Å²) in [6.45, 7) is 5.61. The number of aryl methyl sites for hydroxylation is 1. The van der Waals surface area contributed by atoms with E-state index < -0.39 is 28.5 Å². The van der Waals surface area contributed by atoms with Gasteiger partial charge in [0.05, 0.1) is 11.9 Å². The molecule has 0 aliphatic carbocycles. The molecule has 2 atom stereocenters. The normalized spacial score (nSPS) is 12.8. The lowest BCUT2D eigenvalue weighted by Crippen LogP contribution is -2.54. The average Bonchev–Trinajstić information content (AvgIpc) is 2.90. The molecule has 0 bridgehead atoms. The van der Waals surface area contributed by atoms with E-state index in [1.165, 1.54) is 4.90 Å². The Bertz CT molecular complexity index is 1310. The summed E-state index contributed by atoms with van der Waals surface area (Å²) in [4.78, 5) is 29.2. The lowest BCUT2D eigenvalue weighted by molar-refractivity contribution is -0.140. The van der Waals surface area contributed by atoms with Gasteiger partial charge in [0.2, 0.25) is 21.8 Å². The van der Waals surface area contributed by atoms with Gasteiger partial charge < -0.3 is 10.2 Å². The number of hydrogen-bond donors (Lipinski definition) is 1. The van der Waals surface area contributed by atoms with Gasteiger partial charge in [-0.15, -0.1) is 0 Å². The lowest BCUT2D eigenvalue weighted by atomic mass is 10.0. The third-order valence-corrected chi connectivity index (χ3v) is 7.74. The van der Waals surface area contributed by atoms with Gasteiger partial charge in [0.15, 0.2) is 0 Å². The molecule has 1 N–H and O–H groups in total. The van der Waals surface area contributed by atoms with Crippen LogP contribution >= 0.6 is 0 Å². The van der Waals surface area contributed by atoms with Crippen LogP contribution in [0.25, 0.3) is 0 Å². The van der Waals surface area contributed by atoms with Gasteiger partial charge in [-0.1, -0.05) is 79.7 Å². The highest BCUT2D eigenvalue weighted by Crippen LogP contribution is 2.21. The van der Waals surface area contributed by atoms with Gasteiger partial charge >= 0.3 is 0 Å². The fourth-order valence-corrected chi connectivity index (χ4v) is 5.02. The van der Waals surface area contributed by atoms with Crippen LogP contribution in [0.15, 0.2) is 84.9 Å². The minimum absolute atomic E-state index is 0.0759. The number of carbonyl (C=O) groups excluding carboxylic acids is 2. The molecule has 3 aromatic rings. The molecule has 3 aromatic carbocycles. The molecule has 0 fully saturated rings. The van der Waals surface area contributed by atoms with Gasteiger partial charge in [-0.3, -0.25) is 13.9 Å². The van der Waals surface area contributed by atoms with E-state index in [2.05, 4.69) is 5.32 Å². The van der Waals surface area contributed by atoms with Crippen LogP contribution in [0.5, 0.6) is 0 Å². The average molecular weight is 536 g/mol. The number of nitrogens with zero attached hydrogens (tertiary/aromatic N) is 2. The van der Waals surface area contributed by atoms with Gasteiger partial charge in [-0.25, -0.2) is 8.42 Å². The fourth-order valence-electron chi connectivity index (χ4n) is 4.17. The van der Waals surface area contributed by atoms with Crippen molar-refractivity contribution in [3.8, 4) is 0 Å². The maximum Gasteiger partial charge on any atom is 0.244 e. The highest BCUT2D eigenvalue weighted by molar-refractivity contribution is 7.92. The Kier molecular flexibility index (Phi) is 10.1. The summed E-state index contributed by atoms with van der Waals surface area (Å²) in [7, 11) is -3.77. The summed E-state index contributed by atoms with van der Waals surface area (Å²) in [5.74, 6) is -0.724. The number of hydrogen-bond acceptors (Lipinski definition) is 4. The monoisotopic (exact) mass is 535 g/mol. The Hall–Kier alpha value is -3.65. The Labute approximate surface area is 226 Å². The molecule has 0 radical (unpaired) electrons. The molecular weight excluding hydrogens is 498 g/mol. The van der Waals surface area contributed by atoms with Crippen LogP contribution < -0.4 is 9.62 Å². The molecule has 0 aliphatic heterocycles. The zero-order valence-corrected chi connectivity index (χ0v) is 23.3. The minimum atomic E-state index is -3.77. The van der Waals surface area contributed by atoms with Crippen molar-refractivity contribution in [1.29, 1.82) is 0 Å². The second kappa shape index (κ2) is 13.2. The van der Waals surface area contributed by atoms with E-state index in [0.29, 0.717) is 12.1 Å². The maximum atomic E-state index is 14.0. The van der Waals surface area contributed by atoms with E-state index in [1.54, 1.807) is 30.3 Å². The van der Waals surface area contributed by atoms with E-state index in [4.69, 9.17) is 0 Å². The summed E-state index contributed by atoms with van der Waals surface area (Å²) < 4.78 is 26.6. The first-order valence-corrected chi connectivity index (χ1v) is 14.7. The van der Waals surface area contributed by atoms with Gasteiger partial charge in [-0.05, 0) is 49.1 Å². The third-order valence-electron chi connectivity index (χ3n) is 6.60. The first-order valence-electron chi connectivity index (χ1n) is 12.8. The lowest BCUT2D eigenvalue weighted by Gasteiger charge is -2.34. The molecular formula is C30H37N3O4S. The molecule has 202 valence electrons. The van der Waals surface area contributed by atoms with Gasteiger partial charge in [0.1, 0.15) is 12.6 Å². The Morgan fingerprint density at radius 1 is 0.895 bits per heavy atom. The van der Waals surface area contributed by atoms with Crippen molar-refractivity contribution in [3.63, 3.8) is 0 Å². The van der Waals surface area contributed by atoms with Crippen molar-refractivity contribution >= 4 is 27.5 Å². The van der Waals surface area contributed by atoms with Crippen molar-refractivity contribution in [1.82, 2.24) is 10.2 Å². The summed E-state index contributed by atoms with van der Waals surface area (Å²) in [6.07, 6.45) is 2.12. The van der Waals surface area contributed by atoms with Crippen LogP contribution in [0.1, 0.15) is 37.0 Å². The smallest absolute Gasteiger partial charge is 0.244 e. The number of benzene rings is 3. The van der Waals surface area contributed by atoms with Gasteiger partial charge in [-0.2, -0.15) is 0 Å². The Balaban J connectivity index is 2.05. The maximum absolute atomic E-state index is 14.0. The minimum Gasteiger partial charge on any atom is -0.352 e. The quantitative estimate of drug-likeness (QED) is 0.374. The largest absolute Gasteiger partial charge is 0.352 e. The van der Waals surface area contributed by atoms with Crippen molar-refractivity contribution in [2.75, 3.05) is 17.1 Å².